The smallest absolute Gasteiger partial charge is 0.270 e. The van der Waals surface area contributed by atoms with Crippen molar-refractivity contribution >= 4 is 17.6 Å². The number of hydrogen-bond donors (Lipinski definition) is 1. The number of non-ortho nitro benzene ring substituents is 1. The molecule has 0 bridgehead atoms. The molecule has 1 aliphatic rings. The van der Waals surface area contributed by atoms with Crippen LogP contribution < -0.4 is 5.32 Å². The fourth-order valence-electron chi connectivity index (χ4n) is 1.20. The Labute approximate surface area is 79.9 Å². The predicted octanol–water partition coefficient (Wildman–Crippen LogP) is 1.91. The van der Waals surface area contributed by atoms with Gasteiger partial charge in [0.15, 0.2) is 0 Å². The minimum atomic E-state index is -0.424. The molecule has 0 saturated heterocycles. The maximum atomic E-state index is 10.5. The molecule has 0 spiro atoms. The highest BCUT2D eigenvalue weighted by Gasteiger charge is 2.09. The van der Waals surface area contributed by atoms with Gasteiger partial charge in [-0.05, 0) is 6.07 Å². The van der Waals surface area contributed by atoms with Crippen LogP contribution in [-0.4, -0.2) is 11.1 Å². The zero-order chi connectivity index (χ0) is 9.97. The maximum Gasteiger partial charge on any atom is 0.270 e. The van der Waals surface area contributed by atoms with Crippen LogP contribution in [0.3, 0.4) is 0 Å². The Morgan fingerprint density at radius 2 is 2.29 bits per heavy atom. The van der Waals surface area contributed by atoms with Crippen molar-refractivity contribution in [1.82, 2.24) is 0 Å². The highest BCUT2D eigenvalue weighted by molar-refractivity contribution is 5.90. The lowest BCUT2D eigenvalue weighted by Crippen LogP contribution is -1.94. The van der Waals surface area contributed by atoms with E-state index < -0.39 is 4.92 Å². The van der Waals surface area contributed by atoms with Gasteiger partial charge in [-0.15, -0.1) is 0 Å². The summed E-state index contributed by atoms with van der Waals surface area (Å²) in [7, 11) is 0. The van der Waals surface area contributed by atoms with Crippen LogP contribution >= 0.6 is 0 Å². The van der Waals surface area contributed by atoms with Gasteiger partial charge in [0, 0.05) is 42.0 Å². The molecule has 0 atom stereocenters. The summed E-state index contributed by atoms with van der Waals surface area (Å²) >= 11 is 0. The average molecular weight is 189 g/mol. The van der Waals surface area contributed by atoms with E-state index in [0.717, 1.165) is 5.69 Å². The number of nitro groups is 1. The zero-order valence-corrected chi connectivity index (χ0v) is 7.18. The van der Waals surface area contributed by atoms with Crippen LogP contribution in [-0.2, 0) is 0 Å². The summed E-state index contributed by atoms with van der Waals surface area (Å²) in [6, 6.07) is 4.60. The Morgan fingerprint density at radius 3 is 3.07 bits per heavy atom. The second-order valence-corrected chi connectivity index (χ2v) is 2.77. The lowest BCUT2D eigenvalue weighted by molar-refractivity contribution is -0.384. The van der Waals surface area contributed by atoms with Gasteiger partial charge in [0.1, 0.15) is 0 Å². The number of aliphatic imine (C=N–C) groups is 1. The quantitative estimate of drug-likeness (QED) is 0.542. The van der Waals surface area contributed by atoms with Crippen LogP contribution in [0.5, 0.6) is 0 Å². The third-order valence-corrected chi connectivity index (χ3v) is 1.86. The van der Waals surface area contributed by atoms with E-state index in [4.69, 9.17) is 0 Å². The first kappa shape index (κ1) is 8.43. The molecule has 0 saturated carbocycles. The molecule has 0 aromatic heterocycles. The van der Waals surface area contributed by atoms with Crippen LogP contribution in [0.2, 0.25) is 0 Å². The average Bonchev–Trinajstić information content (AvgIpc) is 2.41. The van der Waals surface area contributed by atoms with Gasteiger partial charge in [-0.1, -0.05) is 0 Å². The monoisotopic (exact) mass is 189 g/mol. The summed E-state index contributed by atoms with van der Waals surface area (Å²) in [6.45, 7) is 0. The van der Waals surface area contributed by atoms with Crippen molar-refractivity contribution in [3.8, 4) is 0 Å². The predicted molar refractivity (Wildman–Crippen MR) is 53.5 cm³/mol. The van der Waals surface area contributed by atoms with E-state index in [9.17, 15) is 10.1 Å². The molecule has 0 radical (unpaired) electrons. The molecular formula is C9H7N3O2. The SMILES string of the molecule is O=[N+]([O-])c1ccc2c(c1)C=NC=CN2. The Morgan fingerprint density at radius 1 is 1.43 bits per heavy atom. The summed E-state index contributed by atoms with van der Waals surface area (Å²) in [5.74, 6) is 0. The molecule has 1 aliphatic heterocycles. The van der Waals surface area contributed by atoms with E-state index in [-0.39, 0.29) is 5.69 Å². The van der Waals surface area contributed by atoms with E-state index in [2.05, 4.69) is 10.3 Å². The van der Waals surface area contributed by atoms with Crippen molar-refractivity contribution in [3.05, 3.63) is 46.3 Å². The van der Waals surface area contributed by atoms with Crippen molar-refractivity contribution in [2.24, 2.45) is 4.99 Å². The molecule has 0 amide bonds. The number of nitrogens with zero attached hydrogens (tertiary/aromatic N) is 2. The topological polar surface area (TPSA) is 67.5 Å². The second-order valence-electron chi connectivity index (χ2n) is 2.77. The van der Waals surface area contributed by atoms with E-state index in [1.807, 2.05) is 0 Å². The third kappa shape index (κ3) is 1.47. The van der Waals surface area contributed by atoms with Gasteiger partial charge in [0.2, 0.25) is 0 Å². The largest absolute Gasteiger partial charge is 0.360 e. The fourth-order valence-corrected chi connectivity index (χ4v) is 1.20. The molecular weight excluding hydrogens is 182 g/mol. The molecule has 70 valence electrons. The molecule has 0 fully saturated rings. The molecule has 14 heavy (non-hydrogen) atoms. The number of anilines is 1. The first-order chi connectivity index (χ1) is 6.77. The van der Waals surface area contributed by atoms with Crippen molar-refractivity contribution in [2.45, 2.75) is 0 Å². The van der Waals surface area contributed by atoms with Crippen molar-refractivity contribution in [3.63, 3.8) is 0 Å². The lowest BCUT2D eigenvalue weighted by atomic mass is 10.1. The number of hydrogen-bond acceptors (Lipinski definition) is 4. The van der Waals surface area contributed by atoms with Crippen LogP contribution in [0.15, 0.2) is 35.6 Å². The van der Waals surface area contributed by atoms with Gasteiger partial charge in [-0.2, -0.15) is 0 Å². The molecule has 0 unspecified atom stereocenters. The fraction of sp³-hybridized carbons (Fsp3) is 0. The summed E-state index contributed by atoms with van der Waals surface area (Å²) < 4.78 is 0. The Bertz CT molecular complexity index is 438. The van der Waals surface area contributed by atoms with Crippen molar-refractivity contribution in [1.29, 1.82) is 0 Å². The number of fused-ring (bicyclic) bond motifs is 1. The number of rotatable bonds is 1. The Hall–Kier alpha value is -2.17. The first-order valence-corrected chi connectivity index (χ1v) is 4.00. The molecule has 2 rings (SSSR count). The normalized spacial score (nSPS) is 12.9. The minimum Gasteiger partial charge on any atom is -0.360 e. The summed E-state index contributed by atoms with van der Waals surface area (Å²) in [5.41, 5.74) is 1.59. The molecule has 5 heteroatoms. The molecule has 1 aromatic carbocycles. The van der Waals surface area contributed by atoms with E-state index in [1.54, 1.807) is 24.7 Å². The van der Waals surface area contributed by atoms with Crippen molar-refractivity contribution < 1.29 is 4.92 Å². The molecule has 1 heterocycles. The third-order valence-electron chi connectivity index (χ3n) is 1.86. The van der Waals surface area contributed by atoms with Crippen LogP contribution in [0.4, 0.5) is 11.4 Å². The van der Waals surface area contributed by atoms with Gasteiger partial charge < -0.3 is 5.32 Å². The van der Waals surface area contributed by atoms with Crippen LogP contribution in [0, 0.1) is 10.1 Å². The number of nitro benzene ring substituents is 1. The van der Waals surface area contributed by atoms with Gasteiger partial charge in [-0.3, -0.25) is 15.1 Å². The molecule has 0 aliphatic carbocycles. The Balaban J connectivity index is 2.49. The van der Waals surface area contributed by atoms with Gasteiger partial charge >= 0.3 is 0 Å². The highest BCUT2D eigenvalue weighted by atomic mass is 16.6. The molecule has 1 N–H and O–H groups in total. The Kier molecular flexibility index (Phi) is 1.98. The van der Waals surface area contributed by atoms with E-state index in [1.165, 1.54) is 12.1 Å². The van der Waals surface area contributed by atoms with E-state index in [0.29, 0.717) is 5.56 Å². The van der Waals surface area contributed by atoms with Crippen molar-refractivity contribution in [2.75, 3.05) is 5.32 Å². The summed E-state index contributed by atoms with van der Waals surface area (Å²) in [5, 5.41) is 13.5. The molecule has 1 aromatic rings. The van der Waals surface area contributed by atoms with Gasteiger partial charge in [0.25, 0.3) is 5.69 Å². The number of benzene rings is 1. The molecule has 5 nitrogen and oxygen atoms in total. The lowest BCUT2D eigenvalue weighted by Gasteiger charge is -2.02. The number of nitrogens with one attached hydrogen (secondary N) is 1. The van der Waals surface area contributed by atoms with Crippen LogP contribution in [0.1, 0.15) is 5.56 Å². The highest BCUT2D eigenvalue weighted by Crippen LogP contribution is 2.21. The zero-order valence-electron chi connectivity index (χ0n) is 7.18. The summed E-state index contributed by atoms with van der Waals surface area (Å²) in [6.07, 6.45) is 4.85. The van der Waals surface area contributed by atoms with Gasteiger partial charge in [-0.25, -0.2) is 0 Å². The van der Waals surface area contributed by atoms with E-state index >= 15 is 0 Å². The second kappa shape index (κ2) is 3.29. The first-order valence-electron chi connectivity index (χ1n) is 4.00. The maximum absolute atomic E-state index is 10.5. The standard InChI is InChI=1S/C9H7N3O2/c13-12(14)8-1-2-9-7(5-8)6-10-3-4-11-9/h1-6,11H. The van der Waals surface area contributed by atoms with Gasteiger partial charge in [0.05, 0.1) is 4.92 Å². The van der Waals surface area contributed by atoms with Crippen LogP contribution in [0.25, 0.3) is 0 Å². The summed E-state index contributed by atoms with van der Waals surface area (Å²) in [4.78, 5) is 14.0. The minimum absolute atomic E-state index is 0.0684.